The zero-order valence-electron chi connectivity index (χ0n) is 10.5. The van der Waals surface area contributed by atoms with Crippen LogP contribution in [0.4, 0.5) is 5.69 Å². The van der Waals surface area contributed by atoms with E-state index in [4.69, 9.17) is 9.84 Å². The minimum absolute atomic E-state index is 0.0217. The van der Waals surface area contributed by atoms with Crippen LogP contribution >= 0.6 is 0 Å². The van der Waals surface area contributed by atoms with Crippen LogP contribution in [-0.2, 0) is 4.79 Å². The van der Waals surface area contributed by atoms with E-state index < -0.39 is 0 Å². The molecule has 1 aromatic carbocycles. The van der Waals surface area contributed by atoms with Gasteiger partial charge >= 0.3 is 0 Å². The van der Waals surface area contributed by atoms with Crippen LogP contribution in [0.2, 0.25) is 0 Å². The second kappa shape index (κ2) is 6.66. The van der Waals surface area contributed by atoms with Crippen molar-refractivity contribution in [3.8, 4) is 5.75 Å². The van der Waals surface area contributed by atoms with Crippen LogP contribution in [0.1, 0.15) is 6.42 Å². The van der Waals surface area contributed by atoms with Crippen molar-refractivity contribution in [1.29, 1.82) is 0 Å². The van der Waals surface area contributed by atoms with Crippen LogP contribution in [-0.4, -0.2) is 29.8 Å². The third kappa shape index (κ3) is 4.19. The minimum Gasteiger partial charge on any atom is -0.494 e. The summed E-state index contributed by atoms with van der Waals surface area (Å²) in [6.45, 7) is 0.626. The Morgan fingerprint density at radius 1 is 1.05 bits per heavy atom. The summed E-state index contributed by atoms with van der Waals surface area (Å²) in [4.78, 5) is 15.4. The Morgan fingerprint density at radius 2 is 1.74 bits per heavy atom. The van der Waals surface area contributed by atoms with E-state index in [-0.39, 0.29) is 12.4 Å². The quantitative estimate of drug-likeness (QED) is 0.650. The highest BCUT2D eigenvalue weighted by Gasteiger charge is 2.00. The molecule has 0 heterocycles. The third-order valence-corrected chi connectivity index (χ3v) is 2.50. The smallest absolute Gasteiger partial charge is 0.178 e. The van der Waals surface area contributed by atoms with Gasteiger partial charge in [0.15, 0.2) is 5.78 Å². The number of allylic oxidation sites excluding steroid dienone is 4. The van der Waals surface area contributed by atoms with Crippen molar-refractivity contribution in [3.05, 3.63) is 48.6 Å². The largest absolute Gasteiger partial charge is 0.494 e. The lowest BCUT2D eigenvalue weighted by molar-refractivity contribution is -0.110. The molecule has 1 aliphatic rings. The Labute approximate surface area is 111 Å². The first-order valence-corrected chi connectivity index (χ1v) is 6.10. The zero-order valence-corrected chi connectivity index (χ0v) is 10.5. The van der Waals surface area contributed by atoms with Crippen LogP contribution < -0.4 is 4.74 Å². The SMILES string of the molecule is O=C1C=CC(=Nc2ccc(OCCCO)cc2)C=C1. The summed E-state index contributed by atoms with van der Waals surface area (Å²) in [5, 5.41) is 8.65. The van der Waals surface area contributed by atoms with Crippen molar-refractivity contribution in [2.24, 2.45) is 4.99 Å². The zero-order chi connectivity index (χ0) is 13.5. The number of nitrogens with zero attached hydrogens (tertiary/aromatic N) is 1. The van der Waals surface area contributed by atoms with E-state index in [2.05, 4.69) is 4.99 Å². The molecular formula is C15H15NO3. The summed E-state index contributed by atoms with van der Waals surface area (Å²) in [7, 11) is 0. The van der Waals surface area contributed by atoms with E-state index in [1.165, 1.54) is 12.2 Å². The van der Waals surface area contributed by atoms with E-state index in [1.807, 2.05) is 24.3 Å². The van der Waals surface area contributed by atoms with Gasteiger partial charge in [0, 0.05) is 13.0 Å². The molecule has 0 unspecified atom stereocenters. The van der Waals surface area contributed by atoms with Gasteiger partial charge in [-0.3, -0.25) is 4.79 Å². The van der Waals surface area contributed by atoms with Crippen molar-refractivity contribution in [2.75, 3.05) is 13.2 Å². The number of aliphatic imine (C=N–C) groups is 1. The number of ether oxygens (including phenoxy) is 1. The number of carbonyl (C=O) groups excluding carboxylic acids is 1. The maximum absolute atomic E-state index is 11.0. The van der Waals surface area contributed by atoms with Gasteiger partial charge in [-0.25, -0.2) is 4.99 Å². The molecule has 1 N–H and O–H groups in total. The Morgan fingerprint density at radius 3 is 2.37 bits per heavy atom. The summed E-state index contributed by atoms with van der Waals surface area (Å²) in [6, 6.07) is 7.36. The Bertz CT molecular complexity index is 509. The molecule has 0 aromatic heterocycles. The normalized spacial score (nSPS) is 13.7. The van der Waals surface area contributed by atoms with Gasteiger partial charge in [0.25, 0.3) is 0 Å². The fourth-order valence-corrected chi connectivity index (χ4v) is 1.54. The van der Waals surface area contributed by atoms with Crippen LogP contribution in [0.5, 0.6) is 5.75 Å². The van der Waals surface area contributed by atoms with Crippen LogP contribution in [0.25, 0.3) is 0 Å². The summed E-state index contributed by atoms with van der Waals surface area (Å²) >= 11 is 0. The third-order valence-electron chi connectivity index (χ3n) is 2.50. The molecule has 0 spiro atoms. The highest BCUT2D eigenvalue weighted by atomic mass is 16.5. The van der Waals surface area contributed by atoms with E-state index in [0.29, 0.717) is 13.0 Å². The van der Waals surface area contributed by atoms with Gasteiger partial charge in [0.05, 0.1) is 18.0 Å². The number of hydrogen-bond donors (Lipinski definition) is 1. The van der Waals surface area contributed by atoms with Gasteiger partial charge < -0.3 is 9.84 Å². The van der Waals surface area contributed by atoms with Crippen molar-refractivity contribution >= 4 is 17.2 Å². The first-order chi connectivity index (χ1) is 9.28. The van der Waals surface area contributed by atoms with Crippen molar-refractivity contribution in [1.82, 2.24) is 0 Å². The van der Waals surface area contributed by atoms with Gasteiger partial charge in [-0.15, -0.1) is 0 Å². The number of aliphatic hydroxyl groups excluding tert-OH is 1. The molecule has 0 aliphatic heterocycles. The average molecular weight is 257 g/mol. The minimum atomic E-state index is -0.0217. The van der Waals surface area contributed by atoms with Gasteiger partial charge in [-0.2, -0.15) is 0 Å². The van der Waals surface area contributed by atoms with E-state index in [0.717, 1.165) is 17.1 Å². The highest BCUT2D eigenvalue weighted by Crippen LogP contribution is 2.19. The lowest BCUT2D eigenvalue weighted by Crippen LogP contribution is -1.99. The summed E-state index contributed by atoms with van der Waals surface area (Å²) in [5.74, 6) is 0.730. The number of rotatable bonds is 5. The van der Waals surface area contributed by atoms with Crippen molar-refractivity contribution < 1.29 is 14.6 Å². The second-order valence-corrected chi connectivity index (χ2v) is 4.03. The molecule has 19 heavy (non-hydrogen) atoms. The van der Waals surface area contributed by atoms with Crippen molar-refractivity contribution in [3.63, 3.8) is 0 Å². The molecular weight excluding hydrogens is 242 g/mol. The maximum Gasteiger partial charge on any atom is 0.178 e. The molecule has 0 amide bonds. The second-order valence-electron chi connectivity index (χ2n) is 4.03. The molecule has 0 radical (unpaired) electrons. The van der Waals surface area contributed by atoms with E-state index in [9.17, 15) is 4.79 Å². The summed E-state index contributed by atoms with van der Waals surface area (Å²) in [6.07, 6.45) is 6.98. The first kappa shape index (κ1) is 13.2. The van der Waals surface area contributed by atoms with Gasteiger partial charge in [-0.05, 0) is 48.6 Å². The number of hydrogen-bond acceptors (Lipinski definition) is 4. The molecule has 0 saturated heterocycles. The number of benzene rings is 1. The lowest BCUT2D eigenvalue weighted by Gasteiger charge is -2.05. The monoisotopic (exact) mass is 257 g/mol. The maximum atomic E-state index is 11.0. The fraction of sp³-hybridized carbons (Fsp3) is 0.200. The lowest BCUT2D eigenvalue weighted by atomic mass is 10.1. The Hall–Kier alpha value is -2.20. The fourth-order valence-electron chi connectivity index (χ4n) is 1.54. The van der Waals surface area contributed by atoms with Gasteiger partial charge in [0.2, 0.25) is 0 Å². The highest BCUT2D eigenvalue weighted by molar-refractivity contribution is 6.17. The predicted molar refractivity (Wildman–Crippen MR) is 74.0 cm³/mol. The van der Waals surface area contributed by atoms with E-state index in [1.54, 1.807) is 12.2 Å². The molecule has 1 aromatic rings. The molecule has 0 atom stereocenters. The Kier molecular flexibility index (Phi) is 4.64. The molecule has 0 fully saturated rings. The van der Waals surface area contributed by atoms with Crippen LogP contribution in [0.3, 0.4) is 0 Å². The molecule has 1 aliphatic carbocycles. The Balaban J connectivity index is 1.99. The van der Waals surface area contributed by atoms with Gasteiger partial charge in [0.1, 0.15) is 5.75 Å². The number of ketones is 1. The molecule has 0 bridgehead atoms. The summed E-state index contributed by atoms with van der Waals surface area (Å²) in [5.41, 5.74) is 1.54. The molecule has 4 nitrogen and oxygen atoms in total. The van der Waals surface area contributed by atoms with Gasteiger partial charge in [-0.1, -0.05) is 0 Å². The van der Waals surface area contributed by atoms with Crippen molar-refractivity contribution in [2.45, 2.75) is 6.42 Å². The molecule has 98 valence electrons. The topological polar surface area (TPSA) is 58.9 Å². The van der Waals surface area contributed by atoms with Crippen LogP contribution in [0.15, 0.2) is 53.6 Å². The van der Waals surface area contributed by atoms with E-state index >= 15 is 0 Å². The average Bonchev–Trinajstić information content (AvgIpc) is 2.44. The predicted octanol–water partition coefficient (Wildman–Crippen LogP) is 2.22. The molecule has 4 heteroatoms. The molecule has 0 saturated carbocycles. The number of carbonyl (C=O) groups is 1. The molecule has 2 rings (SSSR count). The number of aliphatic hydroxyl groups is 1. The van der Waals surface area contributed by atoms with Crippen LogP contribution in [0, 0.1) is 0 Å². The summed E-state index contributed by atoms with van der Waals surface area (Å²) < 4.78 is 5.42. The first-order valence-electron chi connectivity index (χ1n) is 6.10. The standard InChI is InChI=1S/C15H15NO3/c17-10-1-11-19-15-8-4-13(5-9-15)16-12-2-6-14(18)7-3-12/h2-9,17H,1,10-11H2.